The number of nitro groups is 1. The molecule has 2 heterocycles. The van der Waals surface area contributed by atoms with Crippen LogP contribution in [0.5, 0.6) is 0 Å². The molecular weight excluding hydrogens is 286 g/mol. The predicted molar refractivity (Wildman–Crippen MR) is 81.2 cm³/mol. The van der Waals surface area contributed by atoms with Crippen LogP contribution in [0.3, 0.4) is 0 Å². The molecule has 0 N–H and O–H groups in total. The van der Waals surface area contributed by atoms with Crippen molar-refractivity contribution in [2.24, 2.45) is 0 Å². The first-order valence-electron chi connectivity index (χ1n) is 6.54. The van der Waals surface area contributed by atoms with Crippen LogP contribution in [0.2, 0.25) is 0 Å². The average molecular weight is 295 g/mol. The van der Waals surface area contributed by atoms with E-state index in [0.717, 1.165) is 16.5 Å². The molecule has 1 unspecified atom stereocenters. The number of nitro benzene ring substituents is 1. The van der Waals surface area contributed by atoms with Gasteiger partial charge >= 0.3 is 5.84 Å². The molecule has 7 heteroatoms. The maximum absolute atomic E-state index is 13.2. The third-order valence-electron chi connectivity index (χ3n) is 3.90. The minimum absolute atomic E-state index is 0.0134. The fourth-order valence-electron chi connectivity index (χ4n) is 2.84. The monoisotopic (exact) mass is 295 g/mol. The first-order chi connectivity index (χ1) is 10.5. The van der Waals surface area contributed by atoms with E-state index in [-0.39, 0.29) is 22.9 Å². The highest BCUT2D eigenvalue weighted by Gasteiger charge is 2.45. The van der Waals surface area contributed by atoms with Gasteiger partial charge in [-0.1, -0.05) is 18.2 Å². The topological polar surface area (TPSA) is 92.3 Å². The van der Waals surface area contributed by atoms with Crippen molar-refractivity contribution in [3.05, 3.63) is 73.4 Å². The molecule has 0 spiro atoms. The normalized spacial score (nSPS) is 21.3. The molecular formula is C15H9N3O4. The summed E-state index contributed by atoms with van der Waals surface area (Å²) in [5.74, 6) is -0.0193. The largest absolute Gasteiger partial charge is 0.614 e. The van der Waals surface area contributed by atoms with E-state index in [9.17, 15) is 20.5 Å². The van der Waals surface area contributed by atoms with Crippen molar-refractivity contribution in [1.29, 1.82) is 0 Å². The minimum Gasteiger partial charge on any atom is -0.614 e. The van der Waals surface area contributed by atoms with E-state index in [4.69, 9.17) is 0 Å². The molecule has 0 radical (unpaired) electrons. The summed E-state index contributed by atoms with van der Waals surface area (Å²) in [7, 11) is 0. The van der Waals surface area contributed by atoms with Gasteiger partial charge in [0.1, 0.15) is 6.20 Å². The van der Waals surface area contributed by atoms with Crippen molar-refractivity contribution in [2.75, 3.05) is 0 Å². The van der Waals surface area contributed by atoms with Crippen LogP contribution in [0.15, 0.2) is 42.5 Å². The third-order valence-corrected chi connectivity index (χ3v) is 3.90. The van der Waals surface area contributed by atoms with Gasteiger partial charge < -0.3 is 10.4 Å². The summed E-state index contributed by atoms with van der Waals surface area (Å²) >= 11 is 0. The average Bonchev–Trinajstić information content (AvgIpc) is 2.73. The molecule has 2 aromatic carbocycles. The van der Waals surface area contributed by atoms with Crippen LogP contribution in [0.4, 0.5) is 17.1 Å². The first-order valence-corrected chi connectivity index (χ1v) is 6.54. The lowest BCUT2D eigenvalue weighted by atomic mass is 10.1. The number of amidine groups is 1. The molecule has 0 amide bonds. The second kappa shape index (κ2) is 4.00. The molecule has 2 aliphatic heterocycles. The molecule has 2 aliphatic rings. The number of rotatable bonds is 1. The predicted octanol–water partition coefficient (Wildman–Crippen LogP) is 1.19. The minimum atomic E-state index is -1.03. The summed E-state index contributed by atoms with van der Waals surface area (Å²) in [4.78, 5) is 10.3. The van der Waals surface area contributed by atoms with Gasteiger partial charge in [-0.25, -0.2) is 4.65 Å². The molecule has 0 saturated heterocycles. The zero-order chi connectivity index (χ0) is 15.5. The van der Waals surface area contributed by atoms with Crippen LogP contribution in [-0.4, -0.2) is 15.5 Å². The molecule has 0 saturated carbocycles. The highest BCUT2D eigenvalue weighted by atomic mass is 16.6. The Morgan fingerprint density at radius 2 is 1.82 bits per heavy atom. The van der Waals surface area contributed by atoms with Gasteiger partial charge in [0.2, 0.25) is 5.69 Å². The van der Waals surface area contributed by atoms with E-state index in [1.165, 1.54) is 24.4 Å². The van der Waals surface area contributed by atoms with Gasteiger partial charge in [-0.2, -0.15) is 0 Å². The highest BCUT2D eigenvalue weighted by molar-refractivity contribution is 6.19. The Hall–Kier alpha value is -3.03. The lowest BCUT2D eigenvalue weighted by molar-refractivity contribution is -0.387. The summed E-state index contributed by atoms with van der Waals surface area (Å²) in [6.45, 7) is 0. The SMILES string of the molecule is O=[N+]([O-])c1ccc2c(c1)[N+]([O-])=C1C=c3ccccc3=C[N+]12[O-]. The van der Waals surface area contributed by atoms with Gasteiger partial charge in [0, 0.05) is 17.4 Å². The molecule has 0 bridgehead atoms. The lowest BCUT2D eigenvalue weighted by Crippen LogP contribution is -2.49. The van der Waals surface area contributed by atoms with Crippen molar-refractivity contribution in [1.82, 2.24) is 4.65 Å². The standard InChI is InChI=1S/C15H9N3O4/c19-16-13-8-12(17(20)21)5-6-14(13)18(22)9-11-4-2-1-3-10(11)7-15(16)18/h1-9H. The maximum atomic E-state index is 13.2. The lowest BCUT2D eigenvalue weighted by Gasteiger charge is -2.30. The Morgan fingerprint density at radius 1 is 1.09 bits per heavy atom. The molecule has 0 aromatic heterocycles. The number of fused-ring (bicyclic) bond motifs is 4. The molecule has 0 aliphatic carbocycles. The first kappa shape index (κ1) is 12.7. The van der Waals surface area contributed by atoms with Crippen LogP contribution < -0.4 is 15.1 Å². The van der Waals surface area contributed by atoms with Gasteiger partial charge in [0.05, 0.1) is 17.1 Å². The quantitative estimate of drug-likeness (QED) is 0.260. The summed E-state index contributed by atoms with van der Waals surface area (Å²) in [5.41, 5.74) is -0.0231. The Morgan fingerprint density at radius 3 is 2.55 bits per heavy atom. The Kier molecular flexibility index (Phi) is 2.31. The number of quaternary nitrogens is 1. The van der Waals surface area contributed by atoms with Crippen LogP contribution >= 0.6 is 0 Å². The zero-order valence-electron chi connectivity index (χ0n) is 11.2. The van der Waals surface area contributed by atoms with Crippen LogP contribution in [0, 0.1) is 20.5 Å². The zero-order valence-corrected chi connectivity index (χ0v) is 11.2. The molecule has 2 aromatic rings. The number of hydrogen-bond donors (Lipinski definition) is 0. The van der Waals surface area contributed by atoms with Crippen molar-refractivity contribution >= 4 is 35.2 Å². The number of hydroxylamine groups is 2. The van der Waals surface area contributed by atoms with Crippen molar-refractivity contribution in [2.45, 2.75) is 0 Å². The van der Waals surface area contributed by atoms with Gasteiger partial charge in [-0.3, -0.25) is 10.1 Å². The fourth-order valence-corrected chi connectivity index (χ4v) is 2.84. The van der Waals surface area contributed by atoms with E-state index >= 15 is 0 Å². The van der Waals surface area contributed by atoms with E-state index in [0.29, 0.717) is 4.74 Å². The number of nitrogens with zero attached hydrogens (tertiary/aromatic N) is 3. The highest BCUT2D eigenvalue weighted by Crippen LogP contribution is 2.42. The van der Waals surface area contributed by atoms with E-state index in [1.807, 2.05) is 18.2 Å². The smallest absolute Gasteiger partial charge is 0.391 e. The van der Waals surface area contributed by atoms with Gasteiger partial charge in [0.15, 0.2) is 0 Å². The summed E-state index contributed by atoms with van der Waals surface area (Å²) in [5, 5.41) is 37.9. The molecule has 108 valence electrons. The second-order valence-electron chi connectivity index (χ2n) is 5.14. The summed E-state index contributed by atoms with van der Waals surface area (Å²) < 4.78 is -0.560. The second-order valence-corrected chi connectivity index (χ2v) is 5.14. The molecule has 22 heavy (non-hydrogen) atoms. The van der Waals surface area contributed by atoms with Gasteiger partial charge in [-0.15, -0.1) is 4.74 Å². The number of hydrogen-bond acceptors (Lipinski definition) is 4. The maximum Gasteiger partial charge on any atom is 0.391 e. The molecule has 1 atom stereocenters. The van der Waals surface area contributed by atoms with Crippen LogP contribution in [0.25, 0.3) is 12.3 Å². The van der Waals surface area contributed by atoms with Gasteiger partial charge in [-0.05, 0) is 11.3 Å². The van der Waals surface area contributed by atoms with Crippen molar-refractivity contribution < 1.29 is 9.66 Å². The Bertz CT molecular complexity index is 996. The van der Waals surface area contributed by atoms with Crippen LogP contribution in [0.1, 0.15) is 0 Å². The molecule has 7 nitrogen and oxygen atoms in total. The fraction of sp³-hybridized carbons (Fsp3) is 0. The van der Waals surface area contributed by atoms with Crippen molar-refractivity contribution in [3.63, 3.8) is 0 Å². The number of non-ortho nitro benzene ring substituents is 1. The Balaban J connectivity index is 2.06. The third kappa shape index (κ3) is 1.49. The molecule has 4 rings (SSSR count). The Labute approximate surface area is 123 Å². The van der Waals surface area contributed by atoms with Crippen LogP contribution in [-0.2, 0) is 0 Å². The number of benzene rings is 2. The van der Waals surface area contributed by atoms with E-state index in [2.05, 4.69) is 0 Å². The summed E-state index contributed by atoms with van der Waals surface area (Å²) in [6.07, 6.45) is 2.97. The van der Waals surface area contributed by atoms with E-state index in [1.54, 1.807) is 6.07 Å². The van der Waals surface area contributed by atoms with Gasteiger partial charge in [0.25, 0.3) is 11.4 Å². The summed E-state index contributed by atoms with van der Waals surface area (Å²) in [6, 6.07) is 10.9. The molecule has 0 fully saturated rings. The van der Waals surface area contributed by atoms with Crippen molar-refractivity contribution in [3.8, 4) is 0 Å². The van der Waals surface area contributed by atoms with E-state index < -0.39 is 9.57 Å².